The minimum atomic E-state index is -3.11. The highest BCUT2D eigenvalue weighted by atomic mass is 32.2. The van der Waals surface area contributed by atoms with Gasteiger partial charge in [-0.2, -0.15) is 0 Å². The zero-order valence-electron chi connectivity index (χ0n) is 12.3. The van der Waals surface area contributed by atoms with Crippen molar-refractivity contribution in [3.05, 3.63) is 0 Å². The topological polar surface area (TPSA) is 61.4 Å². The van der Waals surface area contributed by atoms with Gasteiger partial charge < -0.3 is 5.32 Å². The van der Waals surface area contributed by atoms with Gasteiger partial charge in [0.2, 0.25) is 10.0 Å². The van der Waals surface area contributed by atoms with Gasteiger partial charge in [-0.05, 0) is 58.8 Å². The molecule has 0 spiro atoms. The fraction of sp³-hybridized carbons (Fsp3) is 1.00. The zero-order valence-corrected chi connectivity index (χ0v) is 13.1. The van der Waals surface area contributed by atoms with E-state index in [0.29, 0.717) is 19.0 Å². The molecule has 0 aromatic rings. The fourth-order valence-corrected chi connectivity index (χ4v) is 3.48. The third-order valence-corrected chi connectivity index (χ3v) is 4.99. The van der Waals surface area contributed by atoms with Crippen LogP contribution in [0.15, 0.2) is 0 Å². The Morgan fingerprint density at radius 2 is 1.89 bits per heavy atom. The molecule has 114 valence electrons. The maximum atomic E-state index is 11.8. The standard InChI is InChI=1S/C13H29N3O2S/c1-3-7-14-8-6-11-19(17,18)15-12-13(2)16-9-4-5-10-16/h13-15H,3-12H2,1-2H3. The zero-order chi connectivity index (χ0) is 14.1. The van der Waals surface area contributed by atoms with E-state index in [0.717, 1.165) is 32.6 Å². The molecule has 0 saturated carbocycles. The second-order valence-electron chi connectivity index (χ2n) is 5.36. The molecule has 0 aliphatic carbocycles. The number of nitrogens with one attached hydrogen (secondary N) is 2. The summed E-state index contributed by atoms with van der Waals surface area (Å²) in [6, 6.07) is 0.301. The van der Waals surface area contributed by atoms with Crippen molar-refractivity contribution in [1.29, 1.82) is 0 Å². The molecular weight excluding hydrogens is 262 g/mol. The van der Waals surface area contributed by atoms with Gasteiger partial charge in [0.15, 0.2) is 0 Å². The monoisotopic (exact) mass is 291 g/mol. The highest BCUT2D eigenvalue weighted by molar-refractivity contribution is 7.89. The lowest BCUT2D eigenvalue weighted by Gasteiger charge is -2.23. The minimum absolute atomic E-state index is 0.219. The molecule has 0 bridgehead atoms. The van der Waals surface area contributed by atoms with E-state index in [1.165, 1.54) is 12.8 Å². The maximum absolute atomic E-state index is 11.8. The van der Waals surface area contributed by atoms with Gasteiger partial charge in [0.1, 0.15) is 0 Å². The number of hydrogen-bond acceptors (Lipinski definition) is 4. The van der Waals surface area contributed by atoms with Crippen LogP contribution in [-0.2, 0) is 10.0 Å². The van der Waals surface area contributed by atoms with Crippen LogP contribution >= 0.6 is 0 Å². The van der Waals surface area contributed by atoms with E-state index >= 15 is 0 Å². The normalized spacial score (nSPS) is 18.8. The molecule has 0 radical (unpaired) electrons. The SMILES string of the molecule is CCCNCCCS(=O)(=O)NCC(C)N1CCCC1. The average Bonchev–Trinajstić information content (AvgIpc) is 2.90. The number of likely N-dealkylation sites (tertiary alicyclic amines) is 1. The van der Waals surface area contributed by atoms with Gasteiger partial charge in [0.25, 0.3) is 0 Å². The molecule has 1 rings (SSSR count). The summed E-state index contributed by atoms with van der Waals surface area (Å²) in [5, 5.41) is 3.22. The van der Waals surface area contributed by atoms with Gasteiger partial charge in [-0.1, -0.05) is 6.92 Å². The molecule has 2 N–H and O–H groups in total. The van der Waals surface area contributed by atoms with E-state index < -0.39 is 10.0 Å². The van der Waals surface area contributed by atoms with E-state index in [-0.39, 0.29) is 5.75 Å². The molecule has 0 amide bonds. The van der Waals surface area contributed by atoms with Gasteiger partial charge in [0.05, 0.1) is 5.75 Å². The first kappa shape index (κ1) is 16.9. The molecule has 1 heterocycles. The molecule has 0 aromatic carbocycles. The van der Waals surface area contributed by atoms with Crippen molar-refractivity contribution < 1.29 is 8.42 Å². The van der Waals surface area contributed by atoms with Crippen LogP contribution in [-0.4, -0.2) is 57.8 Å². The first-order valence-electron chi connectivity index (χ1n) is 7.47. The Hall–Kier alpha value is -0.170. The lowest BCUT2D eigenvalue weighted by Crippen LogP contribution is -2.41. The van der Waals surface area contributed by atoms with Gasteiger partial charge in [-0.3, -0.25) is 4.90 Å². The third kappa shape index (κ3) is 7.25. The van der Waals surface area contributed by atoms with Crippen molar-refractivity contribution in [3.8, 4) is 0 Å². The molecule has 5 nitrogen and oxygen atoms in total. The summed E-state index contributed by atoms with van der Waals surface area (Å²) in [6.45, 7) is 8.66. The van der Waals surface area contributed by atoms with Crippen LogP contribution in [0.2, 0.25) is 0 Å². The lowest BCUT2D eigenvalue weighted by molar-refractivity contribution is 0.260. The summed E-state index contributed by atoms with van der Waals surface area (Å²) >= 11 is 0. The summed E-state index contributed by atoms with van der Waals surface area (Å²) < 4.78 is 26.4. The summed E-state index contributed by atoms with van der Waals surface area (Å²) in [6.07, 6.45) is 4.23. The van der Waals surface area contributed by atoms with E-state index in [1.807, 2.05) is 0 Å². The van der Waals surface area contributed by atoms with E-state index in [4.69, 9.17) is 0 Å². The van der Waals surface area contributed by atoms with Crippen LogP contribution in [0.25, 0.3) is 0 Å². The molecule has 1 unspecified atom stereocenters. The van der Waals surface area contributed by atoms with Crippen LogP contribution in [0.3, 0.4) is 0 Å². The van der Waals surface area contributed by atoms with Gasteiger partial charge in [0, 0.05) is 12.6 Å². The predicted molar refractivity (Wildman–Crippen MR) is 79.8 cm³/mol. The lowest BCUT2D eigenvalue weighted by atomic mass is 10.3. The molecule has 19 heavy (non-hydrogen) atoms. The van der Waals surface area contributed by atoms with E-state index in [1.54, 1.807) is 0 Å². The number of hydrogen-bond donors (Lipinski definition) is 2. The third-order valence-electron chi connectivity index (χ3n) is 3.56. The Morgan fingerprint density at radius 3 is 2.53 bits per heavy atom. The van der Waals surface area contributed by atoms with Crippen molar-refractivity contribution in [2.24, 2.45) is 0 Å². The summed E-state index contributed by atoms with van der Waals surface area (Å²) in [4.78, 5) is 2.35. The summed E-state index contributed by atoms with van der Waals surface area (Å²) in [7, 11) is -3.11. The molecule has 1 aliphatic rings. The van der Waals surface area contributed by atoms with Crippen LogP contribution in [0, 0.1) is 0 Å². The van der Waals surface area contributed by atoms with Crippen molar-refractivity contribution in [2.75, 3.05) is 38.5 Å². The Kier molecular flexibility index (Phi) is 7.90. The number of rotatable bonds is 10. The van der Waals surface area contributed by atoms with Crippen molar-refractivity contribution >= 4 is 10.0 Å². The van der Waals surface area contributed by atoms with Crippen molar-refractivity contribution in [2.45, 2.75) is 45.6 Å². The predicted octanol–water partition coefficient (Wildman–Crippen LogP) is 0.780. The van der Waals surface area contributed by atoms with Crippen LogP contribution in [0.5, 0.6) is 0 Å². The quantitative estimate of drug-likeness (QED) is 0.584. The summed E-state index contributed by atoms with van der Waals surface area (Å²) in [5.74, 6) is 0.219. The first-order valence-corrected chi connectivity index (χ1v) is 9.12. The minimum Gasteiger partial charge on any atom is -0.317 e. The second kappa shape index (κ2) is 8.89. The Balaban J connectivity index is 2.15. The molecule has 1 aliphatic heterocycles. The van der Waals surface area contributed by atoms with Crippen molar-refractivity contribution in [3.63, 3.8) is 0 Å². The van der Waals surface area contributed by atoms with Gasteiger partial charge >= 0.3 is 0 Å². The summed E-state index contributed by atoms with van der Waals surface area (Å²) in [5.41, 5.74) is 0. The first-order chi connectivity index (χ1) is 9.05. The molecular formula is C13H29N3O2S. The smallest absolute Gasteiger partial charge is 0.211 e. The van der Waals surface area contributed by atoms with Gasteiger partial charge in [-0.25, -0.2) is 13.1 Å². The van der Waals surface area contributed by atoms with Crippen LogP contribution in [0.4, 0.5) is 0 Å². The molecule has 1 fully saturated rings. The van der Waals surface area contributed by atoms with E-state index in [2.05, 4.69) is 28.8 Å². The second-order valence-corrected chi connectivity index (χ2v) is 7.29. The highest BCUT2D eigenvalue weighted by Gasteiger charge is 2.19. The Labute approximate surface area is 118 Å². The molecule has 6 heteroatoms. The number of sulfonamides is 1. The Bertz CT molecular complexity index is 327. The molecule has 1 atom stereocenters. The maximum Gasteiger partial charge on any atom is 0.211 e. The van der Waals surface area contributed by atoms with E-state index in [9.17, 15) is 8.42 Å². The van der Waals surface area contributed by atoms with Gasteiger partial charge in [-0.15, -0.1) is 0 Å². The van der Waals surface area contributed by atoms with Crippen LogP contribution < -0.4 is 10.0 Å². The molecule has 0 aromatic heterocycles. The van der Waals surface area contributed by atoms with Crippen molar-refractivity contribution in [1.82, 2.24) is 14.9 Å². The largest absolute Gasteiger partial charge is 0.317 e. The van der Waals surface area contributed by atoms with Crippen LogP contribution in [0.1, 0.15) is 39.5 Å². The highest BCUT2D eigenvalue weighted by Crippen LogP contribution is 2.10. The fourth-order valence-electron chi connectivity index (χ4n) is 2.32. The Morgan fingerprint density at radius 1 is 1.21 bits per heavy atom. The average molecular weight is 291 g/mol. The number of nitrogens with zero attached hydrogens (tertiary/aromatic N) is 1. The molecule has 1 saturated heterocycles.